The van der Waals surface area contributed by atoms with Crippen molar-refractivity contribution in [1.29, 1.82) is 0 Å². The number of nitrogens with zero attached hydrogens (tertiary/aromatic N) is 1. The number of phenols is 1. The predicted molar refractivity (Wildman–Crippen MR) is 146 cm³/mol. The van der Waals surface area contributed by atoms with E-state index >= 15 is 0 Å². The normalized spacial score (nSPS) is 37.9. The summed E-state index contributed by atoms with van der Waals surface area (Å²) in [6.45, 7) is 4.47. The number of methoxy groups -OCH3 is 1. The molecule has 2 heterocycles. The molecule has 4 bridgehead atoms. The summed E-state index contributed by atoms with van der Waals surface area (Å²) in [6, 6.07) is 11.3. The van der Waals surface area contributed by atoms with Crippen molar-refractivity contribution < 1.29 is 23.0 Å². The number of ether oxygens (including phenoxy) is 2. The molecule has 3 unspecified atom stereocenters. The minimum atomic E-state index is -3.66. The smallest absolute Gasteiger partial charge is 0.240 e. The number of sulfonamides is 1. The molecule has 0 radical (unpaired) electrons. The highest BCUT2D eigenvalue weighted by atomic mass is 32.2. The number of aromatic hydroxyl groups is 1. The summed E-state index contributed by atoms with van der Waals surface area (Å²) in [6.07, 6.45) is 7.17. The molecule has 0 aromatic heterocycles. The number of hydrogen-bond acceptors (Lipinski definition) is 6. The minimum Gasteiger partial charge on any atom is -0.504 e. The minimum absolute atomic E-state index is 0.0307. The van der Waals surface area contributed by atoms with Crippen LogP contribution in [0.3, 0.4) is 0 Å². The number of nitrogens with one attached hydrogen (secondary N) is 1. The van der Waals surface area contributed by atoms with Gasteiger partial charge in [-0.1, -0.05) is 23.8 Å². The molecule has 4 saturated carbocycles. The average molecular weight is 551 g/mol. The lowest BCUT2D eigenvalue weighted by Gasteiger charge is -2.74. The molecule has 39 heavy (non-hydrogen) atoms. The van der Waals surface area contributed by atoms with E-state index in [9.17, 15) is 13.5 Å². The Bertz CT molecular complexity index is 1460. The second kappa shape index (κ2) is 7.99. The standard InChI is InChI=1S/C31H38N2O5S/c1-19-3-8-23(9-4-19)39(35,36)32-17-22-16-29-11-12-31(22,37-2)28-30(29)13-14-33(18-20-5-6-20)25(29)15-21-7-10-24(34)27(38-28)26(21)30/h3-4,7-10,20,22,25,28,32,34H,5-6,11-18H2,1-2H3/t22?,25-,28?,29-,30+,31?/m1/s1. The molecule has 5 aliphatic carbocycles. The van der Waals surface area contributed by atoms with Crippen molar-refractivity contribution in [3.05, 3.63) is 53.1 Å². The fourth-order valence-electron chi connectivity index (χ4n) is 9.80. The molecule has 2 spiro atoms. The van der Waals surface area contributed by atoms with E-state index in [-0.39, 0.29) is 28.6 Å². The molecule has 7 nitrogen and oxygen atoms in total. The fourth-order valence-corrected chi connectivity index (χ4v) is 10.9. The summed E-state index contributed by atoms with van der Waals surface area (Å²) in [5, 5.41) is 11.0. The molecule has 208 valence electrons. The molecule has 9 rings (SSSR count). The Labute approximate surface area is 230 Å². The maximum atomic E-state index is 13.3. The van der Waals surface area contributed by atoms with E-state index < -0.39 is 15.6 Å². The summed E-state index contributed by atoms with van der Waals surface area (Å²) >= 11 is 0. The third kappa shape index (κ3) is 3.06. The van der Waals surface area contributed by atoms with Crippen LogP contribution in [0.4, 0.5) is 0 Å². The van der Waals surface area contributed by atoms with Crippen molar-refractivity contribution in [3.63, 3.8) is 0 Å². The van der Waals surface area contributed by atoms with Crippen molar-refractivity contribution in [2.45, 2.75) is 79.9 Å². The van der Waals surface area contributed by atoms with Gasteiger partial charge in [-0.05, 0) is 88.1 Å². The van der Waals surface area contributed by atoms with Crippen LogP contribution in [0.2, 0.25) is 0 Å². The lowest BCUT2D eigenvalue weighted by molar-refractivity contribution is -0.275. The highest BCUT2D eigenvalue weighted by molar-refractivity contribution is 7.89. The molecule has 1 saturated heterocycles. The average Bonchev–Trinajstić information content (AvgIpc) is 3.67. The van der Waals surface area contributed by atoms with Crippen LogP contribution in [0.5, 0.6) is 11.5 Å². The van der Waals surface area contributed by atoms with Gasteiger partial charge in [-0.3, -0.25) is 4.90 Å². The van der Waals surface area contributed by atoms with Crippen molar-refractivity contribution in [2.75, 3.05) is 26.7 Å². The third-order valence-electron chi connectivity index (χ3n) is 11.7. The Morgan fingerprint density at radius 3 is 2.67 bits per heavy atom. The van der Waals surface area contributed by atoms with E-state index in [1.165, 1.54) is 24.0 Å². The van der Waals surface area contributed by atoms with Crippen molar-refractivity contribution in [1.82, 2.24) is 9.62 Å². The molecule has 8 heteroatoms. The first kappa shape index (κ1) is 24.6. The van der Waals surface area contributed by atoms with Crippen LogP contribution in [0.25, 0.3) is 0 Å². The van der Waals surface area contributed by atoms with Crippen molar-refractivity contribution in [2.24, 2.45) is 17.3 Å². The Hall–Kier alpha value is -2.13. The van der Waals surface area contributed by atoms with E-state index in [0.717, 1.165) is 56.7 Å². The van der Waals surface area contributed by atoms with E-state index in [4.69, 9.17) is 9.47 Å². The summed E-state index contributed by atoms with van der Waals surface area (Å²) in [7, 11) is -1.89. The highest BCUT2D eigenvalue weighted by Crippen LogP contribution is 2.76. The van der Waals surface area contributed by atoms with Crippen LogP contribution in [0, 0.1) is 24.2 Å². The van der Waals surface area contributed by atoms with Gasteiger partial charge in [0.1, 0.15) is 11.7 Å². The molecular weight excluding hydrogens is 512 g/mol. The first-order chi connectivity index (χ1) is 18.7. The van der Waals surface area contributed by atoms with Gasteiger partial charge in [0.25, 0.3) is 0 Å². The molecule has 2 aromatic carbocycles. The van der Waals surface area contributed by atoms with Gasteiger partial charge in [-0.25, -0.2) is 13.1 Å². The SMILES string of the molecule is COC12CC[C@@]3(CC1CNS(=O)(=O)c1ccc(C)cc1)[C@H]1Cc4ccc(O)c5c4[C@@]3(CCN1CC1CC1)C2O5. The zero-order valence-electron chi connectivity index (χ0n) is 22.8. The first-order valence-electron chi connectivity index (χ1n) is 14.6. The van der Waals surface area contributed by atoms with Crippen molar-refractivity contribution in [3.8, 4) is 11.5 Å². The summed E-state index contributed by atoms with van der Waals surface area (Å²) in [5.74, 6) is 1.65. The number of likely N-dealkylation sites (tertiary alicyclic amines) is 1. The van der Waals surface area contributed by atoms with Crippen molar-refractivity contribution >= 4 is 10.0 Å². The predicted octanol–water partition coefficient (Wildman–Crippen LogP) is 3.90. The topological polar surface area (TPSA) is 88.1 Å². The van der Waals surface area contributed by atoms with Gasteiger partial charge in [-0.2, -0.15) is 0 Å². The van der Waals surface area contributed by atoms with E-state index in [0.29, 0.717) is 23.2 Å². The number of aryl methyl sites for hydroxylation is 1. The lowest BCUT2D eigenvalue weighted by Crippen LogP contribution is -2.81. The molecule has 2 aromatic rings. The van der Waals surface area contributed by atoms with E-state index in [1.807, 2.05) is 19.1 Å². The Morgan fingerprint density at radius 1 is 1.13 bits per heavy atom. The third-order valence-corrected chi connectivity index (χ3v) is 13.1. The number of fused-ring (bicyclic) bond motifs is 2. The maximum absolute atomic E-state index is 13.3. The molecule has 5 fully saturated rings. The van der Waals surface area contributed by atoms with Gasteiger partial charge in [0, 0.05) is 48.6 Å². The summed E-state index contributed by atoms with van der Waals surface area (Å²) in [4.78, 5) is 3.06. The van der Waals surface area contributed by atoms with Crippen LogP contribution in [-0.4, -0.2) is 62.9 Å². The van der Waals surface area contributed by atoms with Gasteiger partial charge < -0.3 is 14.6 Å². The number of benzene rings is 2. The van der Waals surface area contributed by atoms with Gasteiger partial charge in [-0.15, -0.1) is 0 Å². The highest BCUT2D eigenvalue weighted by Gasteiger charge is 2.80. The Kier molecular flexibility index (Phi) is 5.05. The second-order valence-corrected chi connectivity index (χ2v) is 15.0. The van der Waals surface area contributed by atoms with Crippen LogP contribution < -0.4 is 9.46 Å². The number of hydrogen-bond donors (Lipinski definition) is 2. The number of phenolic OH excluding ortho intramolecular Hbond substituents is 1. The van der Waals surface area contributed by atoms with Crippen LogP contribution in [-0.2, 0) is 26.6 Å². The number of rotatable bonds is 7. The first-order valence-corrected chi connectivity index (χ1v) is 16.1. The monoisotopic (exact) mass is 550 g/mol. The zero-order chi connectivity index (χ0) is 26.8. The largest absolute Gasteiger partial charge is 0.504 e. The van der Waals surface area contributed by atoms with Crippen LogP contribution in [0.15, 0.2) is 41.3 Å². The summed E-state index contributed by atoms with van der Waals surface area (Å²) < 4.78 is 43.0. The van der Waals surface area contributed by atoms with E-state index in [2.05, 4.69) is 15.7 Å². The number of piperidine rings is 1. The Balaban J connectivity index is 1.22. The molecule has 7 aliphatic rings. The van der Waals surface area contributed by atoms with Gasteiger partial charge in [0.15, 0.2) is 11.5 Å². The van der Waals surface area contributed by atoms with Gasteiger partial charge in [0.05, 0.1) is 4.90 Å². The lowest BCUT2D eigenvalue weighted by atomic mass is 9.35. The Morgan fingerprint density at radius 2 is 1.92 bits per heavy atom. The molecule has 2 N–H and O–H groups in total. The molecule has 6 atom stereocenters. The van der Waals surface area contributed by atoms with Crippen LogP contribution >= 0.6 is 0 Å². The quantitative estimate of drug-likeness (QED) is 0.544. The maximum Gasteiger partial charge on any atom is 0.240 e. The second-order valence-electron chi connectivity index (χ2n) is 13.2. The fraction of sp³-hybridized carbons (Fsp3) is 0.613. The zero-order valence-corrected chi connectivity index (χ0v) is 23.6. The summed E-state index contributed by atoms with van der Waals surface area (Å²) in [5.41, 5.74) is 2.71. The van der Waals surface area contributed by atoms with Gasteiger partial charge in [0.2, 0.25) is 10.0 Å². The van der Waals surface area contributed by atoms with Gasteiger partial charge >= 0.3 is 0 Å². The van der Waals surface area contributed by atoms with E-state index in [1.54, 1.807) is 25.3 Å². The molecule has 2 aliphatic heterocycles. The molecule has 0 amide bonds. The molecular formula is C31H38N2O5S. The van der Waals surface area contributed by atoms with Crippen LogP contribution in [0.1, 0.15) is 55.2 Å².